The van der Waals surface area contributed by atoms with Crippen molar-refractivity contribution < 1.29 is 5.11 Å². The van der Waals surface area contributed by atoms with E-state index in [2.05, 4.69) is 10.3 Å². The maximum absolute atomic E-state index is 10.7. The van der Waals surface area contributed by atoms with Crippen molar-refractivity contribution in [1.82, 2.24) is 15.0 Å². The van der Waals surface area contributed by atoms with E-state index in [-0.39, 0.29) is 0 Å². The average molecular weight is 297 g/mol. The lowest BCUT2D eigenvalue weighted by molar-refractivity contribution is 0.209. The maximum Gasteiger partial charge on any atom is 0.124 e. The second-order valence-corrected chi connectivity index (χ2v) is 5.40. The third-order valence-corrected chi connectivity index (χ3v) is 4.10. The first-order valence-corrected chi connectivity index (χ1v) is 7.80. The van der Waals surface area contributed by atoms with Crippen LogP contribution in [0.5, 0.6) is 0 Å². The summed E-state index contributed by atoms with van der Waals surface area (Å²) in [6, 6.07) is 17.5. The molecule has 4 nitrogen and oxygen atoms in total. The Labute approximate surface area is 127 Å². The van der Waals surface area contributed by atoms with Crippen LogP contribution in [0.15, 0.2) is 65.7 Å². The van der Waals surface area contributed by atoms with Crippen LogP contribution in [-0.2, 0) is 0 Å². The van der Waals surface area contributed by atoms with Gasteiger partial charge in [-0.2, -0.15) is 0 Å². The number of rotatable bonds is 4. The third-order valence-electron chi connectivity index (χ3n) is 3.29. The monoisotopic (exact) mass is 297 g/mol. The summed E-state index contributed by atoms with van der Waals surface area (Å²) < 4.78 is 1.67. The number of aromatic nitrogens is 3. The molecule has 3 rings (SSSR count). The van der Waals surface area contributed by atoms with Gasteiger partial charge in [0, 0.05) is 10.5 Å². The smallest absolute Gasteiger partial charge is 0.124 e. The van der Waals surface area contributed by atoms with E-state index >= 15 is 0 Å². The van der Waals surface area contributed by atoms with Gasteiger partial charge in [-0.05, 0) is 24.5 Å². The Morgan fingerprint density at radius 2 is 1.76 bits per heavy atom. The normalized spacial score (nSPS) is 12.3. The van der Waals surface area contributed by atoms with Gasteiger partial charge in [-0.1, -0.05) is 41.6 Å². The fourth-order valence-corrected chi connectivity index (χ4v) is 2.88. The first kappa shape index (κ1) is 13.9. The third kappa shape index (κ3) is 2.70. The van der Waals surface area contributed by atoms with Crippen molar-refractivity contribution >= 4 is 11.8 Å². The molecule has 5 heteroatoms. The van der Waals surface area contributed by atoms with E-state index in [1.807, 2.05) is 60.9 Å². The van der Waals surface area contributed by atoms with Crippen LogP contribution in [0.3, 0.4) is 0 Å². The van der Waals surface area contributed by atoms with Crippen LogP contribution in [0.1, 0.15) is 17.4 Å². The van der Waals surface area contributed by atoms with E-state index < -0.39 is 6.10 Å². The molecule has 0 bridgehead atoms. The molecule has 0 radical (unpaired) electrons. The lowest BCUT2D eigenvalue weighted by Gasteiger charge is -2.15. The van der Waals surface area contributed by atoms with E-state index in [1.54, 1.807) is 22.6 Å². The van der Waals surface area contributed by atoms with Gasteiger partial charge in [-0.3, -0.25) is 0 Å². The zero-order valence-corrected chi connectivity index (χ0v) is 12.4. The molecule has 0 amide bonds. The molecule has 0 aliphatic carbocycles. The highest BCUT2D eigenvalue weighted by Gasteiger charge is 2.19. The minimum absolute atomic E-state index is 0.655. The van der Waals surface area contributed by atoms with Gasteiger partial charge in [0.25, 0.3) is 0 Å². The molecule has 3 aromatic rings. The van der Waals surface area contributed by atoms with Gasteiger partial charge in [0.2, 0.25) is 0 Å². The Bertz CT molecular complexity index is 727. The quantitative estimate of drug-likeness (QED) is 0.752. The number of aliphatic hydroxyl groups excluding tert-OH is 1. The van der Waals surface area contributed by atoms with Crippen LogP contribution in [0.2, 0.25) is 0 Å². The molecule has 1 aromatic heterocycles. The topological polar surface area (TPSA) is 50.9 Å². The van der Waals surface area contributed by atoms with E-state index in [1.165, 1.54) is 0 Å². The van der Waals surface area contributed by atoms with E-state index in [0.29, 0.717) is 5.69 Å². The molecular formula is C16H15N3OS. The number of thioether (sulfide) groups is 1. The van der Waals surface area contributed by atoms with Crippen molar-refractivity contribution in [1.29, 1.82) is 0 Å². The summed E-state index contributed by atoms with van der Waals surface area (Å²) in [6.45, 7) is 0. The summed E-state index contributed by atoms with van der Waals surface area (Å²) in [4.78, 5) is 1.05. The van der Waals surface area contributed by atoms with Crippen molar-refractivity contribution in [3.63, 3.8) is 0 Å². The molecule has 0 fully saturated rings. The van der Waals surface area contributed by atoms with Gasteiger partial charge in [-0.15, -0.1) is 16.9 Å². The number of benzene rings is 2. The van der Waals surface area contributed by atoms with E-state index in [9.17, 15) is 5.11 Å². The molecule has 2 aromatic carbocycles. The first-order chi connectivity index (χ1) is 10.3. The molecule has 1 atom stereocenters. The van der Waals surface area contributed by atoms with Crippen molar-refractivity contribution in [2.75, 3.05) is 6.26 Å². The molecule has 0 aliphatic rings. The van der Waals surface area contributed by atoms with Gasteiger partial charge < -0.3 is 5.11 Å². The second kappa shape index (κ2) is 6.11. The van der Waals surface area contributed by atoms with E-state index in [4.69, 9.17) is 0 Å². The van der Waals surface area contributed by atoms with Crippen LogP contribution in [0.25, 0.3) is 5.69 Å². The average Bonchev–Trinajstić information content (AvgIpc) is 3.04. The molecular weight excluding hydrogens is 282 g/mol. The van der Waals surface area contributed by atoms with Gasteiger partial charge in [-0.25, -0.2) is 4.68 Å². The Morgan fingerprint density at radius 1 is 1.05 bits per heavy atom. The van der Waals surface area contributed by atoms with Gasteiger partial charge >= 0.3 is 0 Å². The summed E-state index contributed by atoms with van der Waals surface area (Å²) in [5.74, 6) is 0. The number of aliphatic hydroxyl groups is 1. The molecule has 1 N–H and O–H groups in total. The van der Waals surface area contributed by atoms with Crippen LogP contribution in [0, 0.1) is 0 Å². The predicted octanol–water partition coefficient (Wildman–Crippen LogP) is 3.07. The van der Waals surface area contributed by atoms with Crippen LogP contribution >= 0.6 is 11.8 Å². The highest BCUT2D eigenvalue weighted by atomic mass is 32.2. The molecule has 0 spiro atoms. The zero-order chi connectivity index (χ0) is 14.7. The fourth-order valence-electron chi connectivity index (χ4n) is 2.25. The first-order valence-electron chi connectivity index (χ1n) is 6.58. The Hall–Kier alpha value is -2.11. The minimum Gasteiger partial charge on any atom is -0.382 e. The van der Waals surface area contributed by atoms with Crippen molar-refractivity contribution in [3.8, 4) is 5.69 Å². The Kier molecular flexibility index (Phi) is 4.03. The number of para-hydroxylation sites is 1. The number of nitrogens with zero attached hydrogens (tertiary/aromatic N) is 3. The molecule has 0 aliphatic heterocycles. The van der Waals surface area contributed by atoms with Crippen LogP contribution < -0.4 is 0 Å². The largest absolute Gasteiger partial charge is 0.382 e. The molecule has 106 valence electrons. The van der Waals surface area contributed by atoms with Crippen molar-refractivity contribution in [3.05, 3.63) is 72.1 Å². The standard InChI is InChI=1S/C16H15N3OS/c1-21-15-10-6-5-9-13(15)16(20)14-11-17-18-19(14)12-7-3-2-4-8-12/h2-11,16,20H,1H3. The van der Waals surface area contributed by atoms with Gasteiger partial charge in [0.1, 0.15) is 6.10 Å². The zero-order valence-electron chi connectivity index (χ0n) is 11.5. The summed E-state index contributed by atoms with van der Waals surface area (Å²) >= 11 is 1.61. The molecule has 0 saturated heterocycles. The summed E-state index contributed by atoms with van der Waals surface area (Å²) in [6.07, 6.45) is 2.84. The SMILES string of the molecule is CSc1ccccc1C(O)c1cnnn1-c1ccccc1. The highest BCUT2D eigenvalue weighted by Crippen LogP contribution is 2.30. The molecule has 1 unspecified atom stereocenters. The Morgan fingerprint density at radius 3 is 2.52 bits per heavy atom. The van der Waals surface area contributed by atoms with Crippen LogP contribution in [0.4, 0.5) is 0 Å². The fraction of sp³-hybridized carbons (Fsp3) is 0.125. The number of hydrogen-bond acceptors (Lipinski definition) is 4. The number of hydrogen-bond donors (Lipinski definition) is 1. The minimum atomic E-state index is -0.760. The van der Waals surface area contributed by atoms with Gasteiger partial charge in [0.05, 0.1) is 17.6 Å². The molecule has 0 saturated carbocycles. The lowest BCUT2D eigenvalue weighted by Crippen LogP contribution is -2.09. The lowest BCUT2D eigenvalue weighted by atomic mass is 10.1. The summed E-state index contributed by atoms with van der Waals surface area (Å²) in [5, 5.41) is 18.8. The summed E-state index contributed by atoms with van der Waals surface area (Å²) in [5.41, 5.74) is 2.40. The van der Waals surface area contributed by atoms with Crippen molar-refractivity contribution in [2.45, 2.75) is 11.0 Å². The predicted molar refractivity (Wildman–Crippen MR) is 83.6 cm³/mol. The van der Waals surface area contributed by atoms with Crippen LogP contribution in [-0.4, -0.2) is 26.4 Å². The maximum atomic E-state index is 10.7. The Balaban J connectivity index is 2.04. The van der Waals surface area contributed by atoms with Gasteiger partial charge in [0.15, 0.2) is 0 Å². The molecule has 21 heavy (non-hydrogen) atoms. The highest BCUT2D eigenvalue weighted by molar-refractivity contribution is 7.98. The van der Waals surface area contributed by atoms with Crippen molar-refractivity contribution in [2.24, 2.45) is 0 Å². The molecule has 1 heterocycles. The van der Waals surface area contributed by atoms with E-state index in [0.717, 1.165) is 16.1 Å². The summed E-state index contributed by atoms with van der Waals surface area (Å²) in [7, 11) is 0. The second-order valence-electron chi connectivity index (χ2n) is 4.55.